The standard InChI is InChI=1S/C21H22N2O2S/c1-23(15-16-8-10-18(26-2)11-9-16)21(24)13-12-20-22-14-19(25-20)17-6-4-3-5-7-17/h3-11,14H,12-13,15H2,1-2H3. The number of aromatic nitrogens is 1. The molecule has 0 aliphatic rings. The molecule has 0 bridgehead atoms. The molecule has 2 aromatic carbocycles. The van der Waals surface area contributed by atoms with Crippen LogP contribution < -0.4 is 0 Å². The second kappa shape index (κ2) is 8.72. The predicted octanol–water partition coefficient (Wildman–Crippen LogP) is 4.65. The molecule has 0 aliphatic carbocycles. The molecule has 0 aliphatic heterocycles. The van der Waals surface area contributed by atoms with E-state index in [2.05, 4.69) is 35.5 Å². The third-order valence-corrected chi connectivity index (χ3v) is 4.91. The van der Waals surface area contributed by atoms with E-state index in [4.69, 9.17) is 4.42 Å². The van der Waals surface area contributed by atoms with Crippen molar-refractivity contribution in [1.82, 2.24) is 9.88 Å². The molecule has 3 aromatic rings. The number of thioether (sulfide) groups is 1. The number of rotatable bonds is 7. The molecule has 134 valence electrons. The quantitative estimate of drug-likeness (QED) is 0.571. The van der Waals surface area contributed by atoms with Crippen LogP contribution in [0, 0.1) is 0 Å². The van der Waals surface area contributed by atoms with E-state index in [1.165, 1.54) is 4.90 Å². The number of amides is 1. The molecule has 0 atom stereocenters. The molecule has 26 heavy (non-hydrogen) atoms. The van der Waals surface area contributed by atoms with Gasteiger partial charge in [0.2, 0.25) is 5.91 Å². The second-order valence-electron chi connectivity index (χ2n) is 6.08. The van der Waals surface area contributed by atoms with Crippen LogP contribution in [0.25, 0.3) is 11.3 Å². The Morgan fingerprint density at radius 1 is 1.12 bits per heavy atom. The first-order chi connectivity index (χ1) is 12.7. The summed E-state index contributed by atoms with van der Waals surface area (Å²) in [5.41, 5.74) is 2.12. The predicted molar refractivity (Wildman–Crippen MR) is 105 cm³/mol. The highest BCUT2D eigenvalue weighted by atomic mass is 32.2. The van der Waals surface area contributed by atoms with Gasteiger partial charge in [0.25, 0.3) is 0 Å². The summed E-state index contributed by atoms with van der Waals surface area (Å²) in [7, 11) is 1.83. The molecular formula is C21H22N2O2S. The average molecular weight is 366 g/mol. The second-order valence-corrected chi connectivity index (χ2v) is 6.96. The van der Waals surface area contributed by atoms with Crippen molar-refractivity contribution >= 4 is 17.7 Å². The molecule has 0 saturated carbocycles. The lowest BCUT2D eigenvalue weighted by Gasteiger charge is -2.17. The van der Waals surface area contributed by atoms with Gasteiger partial charge in [0.15, 0.2) is 11.7 Å². The van der Waals surface area contributed by atoms with Crippen molar-refractivity contribution in [1.29, 1.82) is 0 Å². The fraction of sp³-hybridized carbons (Fsp3) is 0.238. The smallest absolute Gasteiger partial charge is 0.223 e. The van der Waals surface area contributed by atoms with Gasteiger partial charge in [-0.25, -0.2) is 4.98 Å². The normalized spacial score (nSPS) is 10.7. The zero-order valence-electron chi connectivity index (χ0n) is 15.0. The lowest BCUT2D eigenvalue weighted by molar-refractivity contribution is -0.130. The summed E-state index contributed by atoms with van der Waals surface area (Å²) in [4.78, 5) is 19.6. The van der Waals surface area contributed by atoms with Crippen LogP contribution in [0.2, 0.25) is 0 Å². The minimum Gasteiger partial charge on any atom is -0.441 e. The fourth-order valence-electron chi connectivity index (χ4n) is 2.66. The summed E-state index contributed by atoms with van der Waals surface area (Å²) in [6.45, 7) is 0.605. The maximum absolute atomic E-state index is 12.4. The number of hydrogen-bond acceptors (Lipinski definition) is 4. The van der Waals surface area contributed by atoms with Gasteiger partial charge in [-0.05, 0) is 24.0 Å². The highest BCUT2D eigenvalue weighted by molar-refractivity contribution is 7.98. The van der Waals surface area contributed by atoms with Gasteiger partial charge in [-0.2, -0.15) is 0 Å². The largest absolute Gasteiger partial charge is 0.441 e. The zero-order valence-corrected chi connectivity index (χ0v) is 15.8. The molecule has 1 heterocycles. The minimum absolute atomic E-state index is 0.0819. The van der Waals surface area contributed by atoms with Crippen LogP contribution in [-0.4, -0.2) is 29.1 Å². The molecule has 4 nitrogen and oxygen atoms in total. The van der Waals surface area contributed by atoms with E-state index in [9.17, 15) is 4.79 Å². The van der Waals surface area contributed by atoms with Gasteiger partial charge in [0, 0.05) is 36.9 Å². The van der Waals surface area contributed by atoms with Gasteiger partial charge in [-0.3, -0.25) is 4.79 Å². The van der Waals surface area contributed by atoms with E-state index < -0.39 is 0 Å². The number of oxazole rings is 1. The molecule has 3 rings (SSSR count). The van der Waals surface area contributed by atoms with Crippen LogP contribution in [0.3, 0.4) is 0 Å². The number of carbonyl (C=O) groups is 1. The van der Waals surface area contributed by atoms with E-state index in [0.717, 1.165) is 16.9 Å². The minimum atomic E-state index is 0.0819. The molecule has 5 heteroatoms. The molecule has 0 saturated heterocycles. The number of benzene rings is 2. The third kappa shape index (κ3) is 4.76. The monoisotopic (exact) mass is 366 g/mol. The van der Waals surface area contributed by atoms with Crippen LogP contribution in [0.1, 0.15) is 17.9 Å². The Bertz CT molecular complexity index is 844. The molecule has 0 radical (unpaired) electrons. The summed E-state index contributed by atoms with van der Waals surface area (Å²) in [5, 5.41) is 0. The summed E-state index contributed by atoms with van der Waals surface area (Å²) in [5.74, 6) is 1.41. The van der Waals surface area contributed by atoms with Gasteiger partial charge in [-0.15, -0.1) is 11.8 Å². The van der Waals surface area contributed by atoms with Crippen LogP contribution >= 0.6 is 11.8 Å². The Morgan fingerprint density at radius 2 is 1.85 bits per heavy atom. The van der Waals surface area contributed by atoms with Crippen molar-refractivity contribution in [2.45, 2.75) is 24.3 Å². The first-order valence-electron chi connectivity index (χ1n) is 8.52. The Balaban J connectivity index is 1.52. The molecular weight excluding hydrogens is 344 g/mol. The number of nitrogens with zero attached hydrogens (tertiary/aromatic N) is 2. The first-order valence-corrected chi connectivity index (χ1v) is 9.75. The van der Waals surface area contributed by atoms with Crippen LogP contribution in [0.15, 0.2) is 70.1 Å². The Kier molecular flexibility index (Phi) is 6.12. The van der Waals surface area contributed by atoms with Crippen molar-refractivity contribution in [3.8, 4) is 11.3 Å². The molecule has 1 amide bonds. The summed E-state index contributed by atoms with van der Waals surface area (Å²) >= 11 is 1.71. The van der Waals surface area contributed by atoms with Crippen molar-refractivity contribution < 1.29 is 9.21 Å². The van der Waals surface area contributed by atoms with Gasteiger partial charge in [0.1, 0.15) is 0 Å². The number of aryl methyl sites for hydroxylation is 1. The summed E-state index contributed by atoms with van der Waals surface area (Å²) in [6, 6.07) is 18.1. The topological polar surface area (TPSA) is 46.3 Å². The zero-order chi connectivity index (χ0) is 18.4. The molecule has 0 spiro atoms. The third-order valence-electron chi connectivity index (χ3n) is 4.17. The SMILES string of the molecule is CSc1ccc(CN(C)C(=O)CCc2ncc(-c3ccccc3)o2)cc1. The van der Waals surface area contributed by atoms with E-state index in [1.807, 2.05) is 37.4 Å². The Hall–Kier alpha value is -2.53. The highest BCUT2D eigenvalue weighted by Gasteiger charge is 2.12. The van der Waals surface area contributed by atoms with Gasteiger partial charge in [0.05, 0.1) is 6.20 Å². The van der Waals surface area contributed by atoms with Gasteiger partial charge in [-0.1, -0.05) is 42.5 Å². The lowest BCUT2D eigenvalue weighted by Crippen LogP contribution is -2.26. The Morgan fingerprint density at radius 3 is 2.54 bits per heavy atom. The average Bonchev–Trinajstić information content (AvgIpc) is 3.16. The van der Waals surface area contributed by atoms with Crippen molar-refractivity contribution in [3.05, 3.63) is 72.2 Å². The van der Waals surface area contributed by atoms with E-state index in [0.29, 0.717) is 25.3 Å². The maximum atomic E-state index is 12.4. The van der Waals surface area contributed by atoms with Crippen molar-refractivity contribution in [2.75, 3.05) is 13.3 Å². The number of hydrogen-bond donors (Lipinski definition) is 0. The summed E-state index contributed by atoms with van der Waals surface area (Å²) < 4.78 is 5.76. The Labute approximate surface area is 158 Å². The number of carbonyl (C=O) groups excluding carboxylic acids is 1. The van der Waals surface area contributed by atoms with Crippen molar-refractivity contribution in [3.63, 3.8) is 0 Å². The maximum Gasteiger partial charge on any atom is 0.223 e. The fourth-order valence-corrected chi connectivity index (χ4v) is 3.07. The van der Waals surface area contributed by atoms with Crippen LogP contribution in [-0.2, 0) is 17.8 Å². The highest BCUT2D eigenvalue weighted by Crippen LogP contribution is 2.20. The van der Waals surface area contributed by atoms with Gasteiger partial charge < -0.3 is 9.32 Å². The summed E-state index contributed by atoms with van der Waals surface area (Å²) in [6.07, 6.45) is 4.65. The lowest BCUT2D eigenvalue weighted by atomic mass is 10.2. The van der Waals surface area contributed by atoms with Gasteiger partial charge >= 0.3 is 0 Å². The molecule has 0 fully saturated rings. The van der Waals surface area contributed by atoms with Crippen molar-refractivity contribution in [2.24, 2.45) is 0 Å². The molecule has 0 N–H and O–H groups in total. The van der Waals surface area contributed by atoms with E-state index in [1.54, 1.807) is 22.9 Å². The first kappa shape index (κ1) is 18.3. The van der Waals surface area contributed by atoms with Crippen LogP contribution in [0.5, 0.6) is 0 Å². The van der Waals surface area contributed by atoms with E-state index >= 15 is 0 Å². The van der Waals surface area contributed by atoms with Crippen LogP contribution in [0.4, 0.5) is 0 Å². The van der Waals surface area contributed by atoms with E-state index in [-0.39, 0.29) is 5.91 Å². The molecule has 1 aromatic heterocycles. The molecule has 0 unspecified atom stereocenters.